The number of pyridine rings is 1. The Morgan fingerprint density at radius 1 is 1.29 bits per heavy atom. The molecule has 1 fully saturated rings. The Balaban J connectivity index is 1.64. The van der Waals surface area contributed by atoms with Gasteiger partial charge in [-0.05, 0) is 67.1 Å². The Morgan fingerprint density at radius 3 is 2.83 bits per heavy atom. The Kier molecular flexibility index (Phi) is 3.52. The summed E-state index contributed by atoms with van der Waals surface area (Å²) in [4.78, 5) is 27.1. The Bertz CT molecular complexity index is 883. The maximum absolute atomic E-state index is 13.5. The molecule has 1 saturated carbocycles. The van der Waals surface area contributed by atoms with Crippen LogP contribution in [0.3, 0.4) is 0 Å². The van der Waals surface area contributed by atoms with Crippen molar-refractivity contribution < 1.29 is 9.18 Å². The van der Waals surface area contributed by atoms with Crippen molar-refractivity contribution >= 4 is 5.91 Å². The molecule has 5 heteroatoms. The number of benzene rings is 1. The number of hydrogen-bond acceptors (Lipinski definition) is 2. The van der Waals surface area contributed by atoms with Gasteiger partial charge in [-0.25, -0.2) is 4.39 Å². The summed E-state index contributed by atoms with van der Waals surface area (Å²) in [6, 6.07) is 6.67. The van der Waals surface area contributed by atoms with Gasteiger partial charge in [0.2, 0.25) is 0 Å². The lowest BCUT2D eigenvalue weighted by atomic mass is 9.95. The molecule has 0 atom stereocenters. The number of nitrogens with zero attached hydrogens (tertiary/aromatic N) is 2. The maximum atomic E-state index is 13.5. The van der Waals surface area contributed by atoms with E-state index in [9.17, 15) is 14.0 Å². The van der Waals surface area contributed by atoms with Crippen LogP contribution in [0.2, 0.25) is 0 Å². The number of hydrogen-bond donors (Lipinski definition) is 0. The fourth-order valence-electron chi connectivity index (χ4n) is 3.47. The summed E-state index contributed by atoms with van der Waals surface area (Å²) in [5.74, 6) is -0.467. The van der Waals surface area contributed by atoms with Crippen LogP contribution in [0, 0.1) is 12.7 Å². The molecule has 1 aromatic carbocycles. The lowest BCUT2D eigenvalue weighted by Crippen LogP contribution is -2.39. The second-order valence-electron chi connectivity index (χ2n) is 6.70. The molecule has 0 unspecified atom stereocenters. The minimum Gasteiger partial charge on any atom is -0.334 e. The standard InChI is InChI=1S/C19H19FN2O2/c1-12-9-14(20)10-13-6-8-21(11-17(12)13)18(23)16-3-2-7-22(19(16)24)15-4-5-15/h2-3,7,9-10,15H,4-6,8,11H2,1H3. The first-order valence-corrected chi connectivity index (χ1v) is 8.33. The van der Waals surface area contributed by atoms with Gasteiger partial charge >= 0.3 is 0 Å². The van der Waals surface area contributed by atoms with Crippen molar-refractivity contribution in [3.05, 3.63) is 68.9 Å². The van der Waals surface area contributed by atoms with Crippen LogP contribution in [0.5, 0.6) is 0 Å². The minimum absolute atomic E-state index is 0.202. The molecule has 0 spiro atoms. The van der Waals surface area contributed by atoms with E-state index in [1.54, 1.807) is 33.9 Å². The molecule has 4 nitrogen and oxygen atoms in total. The molecule has 4 rings (SSSR count). The SMILES string of the molecule is Cc1cc(F)cc2c1CN(C(=O)c1cccn(C3CC3)c1=O)CC2. The molecule has 1 amide bonds. The molecule has 0 bridgehead atoms. The number of aromatic nitrogens is 1. The van der Waals surface area contributed by atoms with Crippen LogP contribution in [-0.2, 0) is 13.0 Å². The van der Waals surface area contributed by atoms with Crippen molar-refractivity contribution in [1.82, 2.24) is 9.47 Å². The smallest absolute Gasteiger partial charge is 0.263 e. The zero-order valence-corrected chi connectivity index (χ0v) is 13.6. The molecule has 2 aliphatic rings. The number of aryl methyl sites for hydroxylation is 1. The molecular weight excluding hydrogens is 307 g/mol. The first-order chi connectivity index (χ1) is 11.5. The monoisotopic (exact) mass is 326 g/mol. The van der Waals surface area contributed by atoms with Gasteiger partial charge in [0.15, 0.2) is 0 Å². The highest BCUT2D eigenvalue weighted by Gasteiger charge is 2.29. The summed E-state index contributed by atoms with van der Waals surface area (Å²) in [6.45, 7) is 2.79. The van der Waals surface area contributed by atoms with Gasteiger partial charge in [-0.3, -0.25) is 9.59 Å². The van der Waals surface area contributed by atoms with Crippen molar-refractivity contribution in [2.75, 3.05) is 6.54 Å². The summed E-state index contributed by atoms with van der Waals surface area (Å²) in [5, 5.41) is 0. The molecule has 2 heterocycles. The summed E-state index contributed by atoms with van der Waals surface area (Å²) >= 11 is 0. The molecule has 24 heavy (non-hydrogen) atoms. The van der Waals surface area contributed by atoms with E-state index in [0.717, 1.165) is 29.5 Å². The summed E-state index contributed by atoms with van der Waals surface area (Å²) in [5.41, 5.74) is 2.83. The highest BCUT2D eigenvalue weighted by molar-refractivity contribution is 5.94. The second-order valence-corrected chi connectivity index (χ2v) is 6.70. The van der Waals surface area contributed by atoms with Crippen LogP contribution < -0.4 is 5.56 Å². The van der Waals surface area contributed by atoms with E-state index < -0.39 is 0 Å². The molecule has 0 saturated heterocycles. The zero-order chi connectivity index (χ0) is 16.8. The summed E-state index contributed by atoms with van der Waals surface area (Å²) < 4.78 is 15.2. The second kappa shape index (κ2) is 5.58. The van der Waals surface area contributed by atoms with Crippen LogP contribution in [0.1, 0.15) is 45.9 Å². The maximum Gasteiger partial charge on any atom is 0.263 e. The van der Waals surface area contributed by atoms with Crippen molar-refractivity contribution in [2.24, 2.45) is 0 Å². The Morgan fingerprint density at radius 2 is 2.08 bits per heavy atom. The third-order valence-electron chi connectivity index (χ3n) is 4.96. The molecule has 1 aromatic heterocycles. The van der Waals surface area contributed by atoms with Crippen LogP contribution >= 0.6 is 0 Å². The van der Waals surface area contributed by atoms with E-state index in [-0.39, 0.29) is 28.9 Å². The molecular formula is C19H19FN2O2. The van der Waals surface area contributed by atoms with E-state index in [1.807, 2.05) is 6.92 Å². The van der Waals surface area contributed by atoms with E-state index in [1.165, 1.54) is 6.07 Å². The van der Waals surface area contributed by atoms with Gasteiger partial charge < -0.3 is 9.47 Å². The number of rotatable bonds is 2. The van der Waals surface area contributed by atoms with Gasteiger partial charge in [0.1, 0.15) is 11.4 Å². The zero-order valence-electron chi connectivity index (χ0n) is 13.6. The van der Waals surface area contributed by atoms with Crippen molar-refractivity contribution in [1.29, 1.82) is 0 Å². The lowest BCUT2D eigenvalue weighted by Gasteiger charge is -2.30. The fraction of sp³-hybridized carbons (Fsp3) is 0.368. The van der Waals surface area contributed by atoms with E-state index in [4.69, 9.17) is 0 Å². The molecule has 0 radical (unpaired) electrons. The third-order valence-corrected chi connectivity index (χ3v) is 4.96. The summed E-state index contributed by atoms with van der Waals surface area (Å²) in [6.07, 6.45) is 4.37. The first-order valence-electron chi connectivity index (χ1n) is 8.33. The molecule has 124 valence electrons. The number of carbonyl (C=O) groups excluding carboxylic acids is 1. The topological polar surface area (TPSA) is 42.3 Å². The quantitative estimate of drug-likeness (QED) is 0.852. The predicted octanol–water partition coefficient (Wildman–Crippen LogP) is 2.83. The number of halogens is 1. The molecule has 2 aromatic rings. The molecule has 0 N–H and O–H groups in total. The third kappa shape index (κ3) is 2.54. The normalized spacial score (nSPS) is 16.8. The van der Waals surface area contributed by atoms with Gasteiger partial charge in [-0.15, -0.1) is 0 Å². The average molecular weight is 326 g/mol. The number of fused-ring (bicyclic) bond motifs is 1. The van der Waals surface area contributed by atoms with Crippen molar-refractivity contribution in [3.8, 4) is 0 Å². The number of amides is 1. The van der Waals surface area contributed by atoms with Gasteiger partial charge in [0, 0.05) is 25.3 Å². The molecule has 1 aliphatic heterocycles. The van der Waals surface area contributed by atoms with Crippen LogP contribution in [-0.4, -0.2) is 21.9 Å². The Hall–Kier alpha value is -2.43. The number of carbonyl (C=O) groups is 1. The highest BCUT2D eigenvalue weighted by Crippen LogP contribution is 2.33. The average Bonchev–Trinajstić information content (AvgIpc) is 3.39. The highest BCUT2D eigenvalue weighted by atomic mass is 19.1. The van der Waals surface area contributed by atoms with E-state index >= 15 is 0 Å². The minimum atomic E-state index is -0.235. The van der Waals surface area contributed by atoms with E-state index in [2.05, 4.69) is 0 Å². The first kappa shape index (κ1) is 15.1. The van der Waals surface area contributed by atoms with Crippen LogP contribution in [0.25, 0.3) is 0 Å². The van der Waals surface area contributed by atoms with Gasteiger partial charge in [-0.1, -0.05) is 0 Å². The fourth-order valence-corrected chi connectivity index (χ4v) is 3.47. The van der Waals surface area contributed by atoms with Gasteiger partial charge in [0.25, 0.3) is 11.5 Å². The van der Waals surface area contributed by atoms with Gasteiger partial charge in [-0.2, -0.15) is 0 Å². The van der Waals surface area contributed by atoms with Gasteiger partial charge in [0.05, 0.1) is 0 Å². The summed E-state index contributed by atoms with van der Waals surface area (Å²) in [7, 11) is 0. The predicted molar refractivity (Wildman–Crippen MR) is 88.6 cm³/mol. The largest absolute Gasteiger partial charge is 0.334 e. The lowest BCUT2D eigenvalue weighted by molar-refractivity contribution is 0.0732. The van der Waals surface area contributed by atoms with E-state index in [0.29, 0.717) is 19.5 Å². The van der Waals surface area contributed by atoms with Crippen LogP contribution in [0.4, 0.5) is 4.39 Å². The van der Waals surface area contributed by atoms with Crippen LogP contribution in [0.15, 0.2) is 35.3 Å². The Labute approximate surface area is 139 Å². The van der Waals surface area contributed by atoms with Crippen molar-refractivity contribution in [3.63, 3.8) is 0 Å². The van der Waals surface area contributed by atoms with Crippen molar-refractivity contribution in [2.45, 2.75) is 38.8 Å². The molecule has 1 aliphatic carbocycles.